The summed E-state index contributed by atoms with van der Waals surface area (Å²) in [4.78, 5) is 3.97. The third kappa shape index (κ3) is 5.19. The topological polar surface area (TPSA) is 15.3 Å². The first kappa shape index (κ1) is 14.7. The molecule has 1 unspecified atom stereocenters. The zero-order valence-corrected chi connectivity index (χ0v) is 12.2. The summed E-state index contributed by atoms with van der Waals surface area (Å²) in [5, 5.41) is 5.83. The summed E-state index contributed by atoms with van der Waals surface area (Å²) in [6, 6.07) is 4.91. The SMILES string of the molecule is CCCN(CC)CCNC(CC)c1cccs1. The molecule has 0 amide bonds. The van der Waals surface area contributed by atoms with Gasteiger partial charge in [-0.05, 0) is 37.4 Å². The molecule has 0 spiro atoms. The summed E-state index contributed by atoms with van der Waals surface area (Å²) >= 11 is 1.85. The Morgan fingerprint density at radius 1 is 1.29 bits per heavy atom. The van der Waals surface area contributed by atoms with E-state index in [2.05, 4.69) is 48.5 Å². The summed E-state index contributed by atoms with van der Waals surface area (Å²) in [6.45, 7) is 11.4. The van der Waals surface area contributed by atoms with E-state index in [-0.39, 0.29) is 0 Å². The highest BCUT2D eigenvalue weighted by molar-refractivity contribution is 7.10. The molecule has 98 valence electrons. The van der Waals surface area contributed by atoms with Crippen LogP contribution in [0.3, 0.4) is 0 Å². The van der Waals surface area contributed by atoms with Crippen molar-refractivity contribution < 1.29 is 0 Å². The van der Waals surface area contributed by atoms with Gasteiger partial charge in [-0.15, -0.1) is 11.3 Å². The normalized spacial score (nSPS) is 13.2. The third-order valence-electron chi connectivity index (χ3n) is 3.10. The van der Waals surface area contributed by atoms with Crippen LogP contribution in [0.15, 0.2) is 17.5 Å². The van der Waals surface area contributed by atoms with Crippen LogP contribution in [0.5, 0.6) is 0 Å². The van der Waals surface area contributed by atoms with Crippen LogP contribution in [-0.2, 0) is 0 Å². The number of rotatable bonds is 9. The molecule has 0 saturated carbocycles. The Hall–Kier alpha value is -0.380. The second kappa shape index (κ2) is 8.67. The Kier molecular flexibility index (Phi) is 7.49. The van der Waals surface area contributed by atoms with Crippen LogP contribution in [0, 0.1) is 0 Å². The summed E-state index contributed by atoms with van der Waals surface area (Å²) in [5.41, 5.74) is 0. The molecule has 0 aliphatic heterocycles. The third-order valence-corrected chi connectivity index (χ3v) is 4.09. The van der Waals surface area contributed by atoms with Gasteiger partial charge in [0, 0.05) is 24.0 Å². The zero-order chi connectivity index (χ0) is 12.5. The van der Waals surface area contributed by atoms with Crippen molar-refractivity contribution in [3.8, 4) is 0 Å². The van der Waals surface area contributed by atoms with Gasteiger partial charge in [0.15, 0.2) is 0 Å². The van der Waals surface area contributed by atoms with Crippen LogP contribution in [-0.4, -0.2) is 31.1 Å². The maximum Gasteiger partial charge on any atom is 0.0412 e. The van der Waals surface area contributed by atoms with Gasteiger partial charge >= 0.3 is 0 Å². The van der Waals surface area contributed by atoms with E-state index in [0.717, 1.165) is 19.6 Å². The quantitative estimate of drug-likeness (QED) is 0.725. The summed E-state index contributed by atoms with van der Waals surface area (Å²) < 4.78 is 0. The monoisotopic (exact) mass is 254 g/mol. The summed E-state index contributed by atoms with van der Waals surface area (Å²) in [5.74, 6) is 0. The van der Waals surface area contributed by atoms with E-state index in [1.807, 2.05) is 11.3 Å². The maximum absolute atomic E-state index is 3.66. The van der Waals surface area contributed by atoms with Gasteiger partial charge in [-0.1, -0.05) is 26.8 Å². The standard InChI is InChI=1S/C14H26N2S/c1-4-10-16(6-3)11-9-15-13(5-2)14-8-7-12-17-14/h7-8,12-13,15H,4-6,9-11H2,1-3H3. The molecule has 3 heteroatoms. The van der Waals surface area contributed by atoms with E-state index < -0.39 is 0 Å². The minimum Gasteiger partial charge on any atom is -0.308 e. The molecule has 0 radical (unpaired) electrons. The lowest BCUT2D eigenvalue weighted by Gasteiger charge is -2.22. The molecule has 0 aliphatic rings. The van der Waals surface area contributed by atoms with Crippen LogP contribution < -0.4 is 5.32 Å². The Balaban J connectivity index is 2.28. The lowest BCUT2D eigenvalue weighted by molar-refractivity contribution is 0.282. The Labute approximate surface area is 110 Å². The molecule has 1 aromatic rings. The molecular weight excluding hydrogens is 228 g/mol. The van der Waals surface area contributed by atoms with Crippen molar-refractivity contribution in [1.82, 2.24) is 10.2 Å². The van der Waals surface area contributed by atoms with Crippen molar-refractivity contribution in [2.75, 3.05) is 26.2 Å². The molecule has 0 aliphatic carbocycles. The van der Waals surface area contributed by atoms with E-state index in [9.17, 15) is 0 Å². The van der Waals surface area contributed by atoms with Crippen molar-refractivity contribution in [1.29, 1.82) is 0 Å². The second-order valence-corrected chi connectivity index (χ2v) is 5.34. The van der Waals surface area contributed by atoms with Crippen LogP contribution in [0.25, 0.3) is 0 Å². The highest BCUT2D eigenvalue weighted by Crippen LogP contribution is 2.21. The lowest BCUT2D eigenvalue weighted by Crippen LogP contribution is -2.34. The number of hydrogen-bond donors (Lipinski definition) is 1. The van der Waals surface area contributed by atoms with Crippen molar-refractivity contribution in [2.45, 2.75) is 39.7 Å². The van der Waals surface area contributed by atoms with Crippen molar-refractivity contribution >= 4 is 11.3 Å². The van der Waals surface area contributed by atoms with Crippen LogP contribution >= 0.6 is 11.3 Å². The fourth-order valence-corrected chi connectivity index (χ4v) is 2.96. The van der Waals surface area contributed by atoms with Crippen molar-refractivity contribution in [3.63, 3.8) is 0 Å². The zero-order valence-electron chi connectivity index (χ0n) is 11.4. The van der Waals surface area contributed by atoms with Crippen LogP contribution in [0.4, 0.5) is 0 Å². The molecule has 0 bridgehead atoms. The summed E-state index contributed by atoms with van der Waals surface area (Å²) in [7, 11) is 0. The minimum atomic E-state index is 0.537. The fourth-order valence-electron chi connectivity index (χ4n) is 2.08. The fraction of sp³-hybridized carbons (Fsp3) is 0.714. The predicted octanol–water partition coefficient (Wildman–Crippen LogP) is 3.52. The largest absolute Gasteiger partial charge is 0.308 e. The molecule has 1 heterocycles. The van der Waals surface area contributed by atoms with Gasteiger partial charge < -0.3 is 10.2 Å². The van der Waals surface area contributed by atoms with Crippen LogP contribution in [0.2, 0.25) is 0 Å². The second-order valence-electron chi connectivity index (χ2n) is 4.36. The average Bonchev–Trinajstić information content (AvgIpc) is 2.87. The lowest BCUT2D eigenvalue weighted by atomic mass is 10.2. The first-order valence-corrected chi connectivity index (χ1v) is 7.68. The van der Waals surface area contributed by atoms with Crippen molar-refractivity contribution in [2.24, 2.45) is 0 Å². The maximum atomic E-state index is 3.66. The number of nitrogens with one attached hydrogen (secondary N) is 1. The molecule has 1 rings (SSSR count). The molecule has 1 atom stereocenters. The van der Waals surface area contributed by atoms with Crippen LogP contribution in [0.1, 0.15) is 44.5 Å². The smallest absolute Gasteiger partial charge is 0.0412 e. The number of nitrogens with zero attached hydrogens (tertiary/aromatic N) is 1. The number of thiophene rings is 1. The van der Waals surface area contributed by atoms with E-state index in [1.54, 1.807) is 0 Å². The van der Waals surface area contributed by atoms with Gasteiger partial charge in [-0.3, -0.25) is 0 Å². The molecule has 0 aromatic carbocycles. The van der Waals surface area contributed by atoms with E-state index in [4.69, 9.17) is 0 Å². The van der Waals surface area contributed by atoms with Gasteiger partial charge in [0.25, 0.3) is 0 Å². The van der Waals surface area contributed by atoms with Gasteiger partial charge in [-0.25, -0.2) is 0 Å². The van der Waals surface area contributed by atoms with Gasteiger partial charge in [-0.2, -0.15) is 0 Å². The number of likely N-dealkylation sites (N-methyl/N-ethyl adjacent to an activating group) is 1. The highest BCUT2D eigenvalue weighted by Gasteiger charge is 2.09. The minimum absolute atomic E-state index is 0.537. The molecule has 1 aromatic heterocycles. The number of hydrogen-bond acceptors (Lipinski definition) is 3. The molecule has 1 N–H and O–H groups in total. The van der Waals surface area contributed by atoms with Gasteiger partial charge in [0.1, 0.15) is 0 Å². The van der Waals surface area contributed by atoms with E-state index in [1.165, 1.54) is 24.3 Å². The first-order valence-electron chi connectivity index (χ1n) is 6.80. The van der Waals surface area contributed by atoms with Gasteiger partial charge in [0.2, 0.25) is 0 Å². The summed E-state index contributed by atoms with van der Waals surface area (Å²) in [6.07, 6.45) is 2.41. The average molecular weight is 254 g/mol. The molecule has 0 fully saturated rings. The molecule has 17 heavy (non-hydrogen) atoms. The first-order chi connectivity index (χ1) is 8.31. The molecule has 2 nitrogen and oxygen atoms in total. The molecular formula is C14H26N2S. The molecule has 0 saturated heterocycles. The van der Waals surface area contributed by atoms with E-state index >= 15 is 0 Å². The predicted molar refractivity (Wildman–Crippen MR) is 77.8 cm³/mol. The Morgan fingerprint density at radius 3 is 2.65 bits per heavy atom. The Morgan fingerprint density at radius 2 is 2.12 bits per heavy atom. The van der Waals surface area contributed by atoms with E-state index in [0.29, 0.717) is 6.04 Å². The van der Waals surface area contributed by atoms with Gasteiger partial charge in [0.05, 0.1) is 0 Å². The van der Waals surface area contributed by atoms with Crippen molar-refractivity contribution in [3.05, 3.63) is 22.4 Å². The Bertz CT molecular complexity index is 272. The highest BCUT2D eigenvalue weighted by atomic mass is 32.1.